The molecule has 4 heteroatoms. The highest BCUT2D eigenvalue weighted by Crippen LogP contribution is 2.21. The highest BCUT2D eigenvalue weighted by atomic mass is 16.6. The molecule has 1 aliphatic rings. The molecular formula is C21H19NO3. The summed E-state index contributed by atoms with van der Waals surface area (Å²) < 4.78 is 10.6. The third-order valence-corrected chi connectivity index (χ3v) is 4.04. The fourth-order valence-corrected chi connectivity index (χ4v) is 2.47. The van der Waals surface area contributed by atoms with Gasteiger partial charge >= 0.3 is 5.97 Å². The van der Waals surface area contributed by atoms with E-state index in [1.54, 1.807) is 19.3 Å². The van der Waals surface area contributed by atoms with Gasteiger partial charge in [-0.1, -0.05) is 36.4 Å². The van der Waals surface area contributed by atoms with Crippen molar-refractivity contribution in [1.82, 2.24) is 0 Å². The number of esters is 1. The SMILES string of the molecule is COc1ccccc1C=CC=C1N=C(c2ccc(C)c(C)c2)OC1=O. The monoisotopic (exact) mass is 333 g/mol. The summed E-state index contributed by atoms with van der Waals surface area (Å²) in [5, 5.41) is 0. The molecule has 0 aromatic heterocycles. The Kier molecular flexibility index (Phi) is 4.80. The average molecular weight is 333 g/mol. The molecule has 4 nitrogen and oxygen atoms in total. The summed E-state index contributed by atoms with van der Waals surface area (Å²) in [6.45, 7) is 4.05. The van der Waals surface area contributed by atoms with Gasteiger partial charge in [0.2, 0.25) is 5.90 Å². The predicted octanol–water partition coefficient (Wildman–Crippen LogP) is 4.21. The molecular weight excluding hydrogens is 314 g/mol. The molecule has 0 radical (unpaired) electrons. The molecule has 0 bridgehead atoms. The number of ether oxygens (including phenoxy) is 2. The van der Waals surface area contributed by atoms with Crippen molar-refractivity contribution in [3.8, 4) is 5.75 Å². The Morgan fingerprint density at radius 1 is 1.08 bits per heavy atom. The van der Waals surface area contributed by atoms with E-state index in [0.29, 0.717) is 5.90 Å². The summed E-state index contributed by atoms with van der Waals surface area (Å²) in [6, 6.07) is 13.5. The normalized spacial score (nSPS) is 15.6. The van der Waals surface area contributed by atoms with Crippen LogP contribution in [0.15, 0.2) is 65.3 Å². The van der Waals surface area contributed by atoms with Crippen molar-refractivity contribution in [2.75, 3.05) is 7.11 Å². The number of methoxy groups -OCH3 is 1. The van der Waals surface area contributed by atoms with Crippen LogP contribution in [-0.2, 0) is 9.53 Å². The first-order valence-corrected chi connectivity index (χ1v) is 7.98. The Balaban J connectivity index is 1.83. The van der Waals surface area contributed by atoms with Crippen LogP contribution < -0.4 is 4.74 Å². The van der Waals surface area contributed by atoms with Gasteiger partial charge in [0.05, 0.1) is 7.11 Å². The van der Waals surface area contributed by atoms with Crippen LogP contribution in [0.25, 0.3) is 6.08 Å². The maximum Gasteiger partial charge on any atom is 0.363 e. The largest absolute Gasteiger partial charge is 0.496 e. The summed E-state index contributed by atoms with van der Waals surface area (Å²) in [5.41, 5.74) is 4.31. The van der Waals surface area contributed by atoms with Gasteiger partial charge in [-0.25, -0.2) is 9.79 Å². The minimum absolute atomic E-state index is 0.277. The highest BCUT2D eigenvalue weighted by molar-refractivity contribution is 6.11. The lowest BCUT2D eigenvalue weighted by molar-refractivity contribution is -0.130. The second-order valence-corrected chi connectivity index (χ2v) is 5.76. The van der Waals surface area contributed by atoms with Gasteiger partial charge in [0.1, 0.15) is 5.75 Å². The first-order chi connectivity index (χ1) is 12.1. The third-order valence-electron chi connectivity index (χ3n) is 4.04. The number of nitrogens with zero attached hydrogens (tertiary/aromatic N) is 1. The Bertz CT molecular complexity index is 907. The van der Waals surface area contributed by atoms with E-state index in [-0.39, 0.29) is 5.70 Å². The zero-order valence-corrected chi connectivity index (χ0v) is 14.4. The lowest BCUT2D eigenvalue weighted by Crippen LogP contribution is -2.05. The maximum absolute atomic E-state index is 12.0. The van der Waals surface area contributed by atoms with Crippen LogP contribution in [0.1, 0.15) is 22.3 Å². The minimum atomic E-state index is -0.446. The fourth-order valence-electron chi connectivity index (χ4n) is 2.47. The molecule has 0 aliphatic carbocycles. The Hall–Kier alpha value is -3.14. The third kappa shape index (κ3) is 3.69. The lowest BCUT2D eigenvalue weighted by atomic mass is 10.1. The summed E-state index contributed by atoms with van der Waals surface area (Å²) in [7, 11) is 1.62. The number of cyclic esters (lactones) is 1. The van der Waals surface area contributed by atoms with Gasteiger partial charge in [0.15, 0.2) is 5.70 Å². The Labute approximate surface area is 147 Å². The molecule has 126 valence electrons. The van der Waals surface area contributed by atoms with Crippen LogP contribution in [0, 0.1) is 13.8 Å². The van der Waals surface area contributed by atoms with Crippen LogP contribution >= 0.6 is 0 Å². The average Bonchev–Trinajstić information content (AvgIpc) is 2.98. The molecule has 0 N–H and O–H groups in total. The molecule has 2 aromatic carbocycles. The summed E-state index contributed by atoms with van der Waals surface area (Å²) >= 11 is 0. The predicted molar refractivity (Wildman–Crippen MR) is 98.7 cm³/mol. The molecule has 0 amide bonds. The van der Waals surface area contributed by atoms with E-state index >= 15 is 0 Å². The van der Waals surface area contributed by atoms with E-state index in [0.717, 1.165) is 22.4 Å². The number of benzene rings is 2. The van der Waals surface area contributed by atoms with E-state index < -0.39 is 5.97 Å². The number of para-hydroxylation sites is 1. The van der Waals surface area contributed by atoms with Crippen molar-refractivity contribution in [2.45, 2.75) is 13.8 Å². The van der Waals surface area contributed by atoms with E-state index in [9.17, 15) is 4.79 Å². The maximum atomic E-state index is 12.0. The van der Waals surface area contributed by atoms with Crippen LogP contribution in [0.3, 0.4) is 0 Å². The zero-order chi connectivity index (χ0) is 17.8. The lowest BCUT2D eigenvalue weighted by Gasteiger charge is -2.03. The molecule has 1 heterocycles. The Morgan fingerprint density at radius 3 is 2.64 bits per heavy atom. The van der Waals surface area contributed by atoms with E-state index in [1.807, 2.05) is 62.4 Å². The number of rotatable bonds is 4. The number of hydrogen-bond donors (Lipinski definition) is 0. The number of hydrogen-bond acceptors (Lipinski definition) is 4. The first kappa shape index (κ1) is 16.7. The quantitative estimate of drug-likeness (QED) is 0.622. The van der Waals surface area contributed by atoms with Crippen molar-refractivity contribution < 1.29 is 14.3 Å². The summed E-state index contributed by atoms with van der Waals surface area (Å²) in [6.07, 6.45) is 5.27. The number of aliphatic imine (C=N–C) groups is 1. The molecule has 0 fully saturated rings. The van der Waals surface area contributed by atoms with Crippen molar-refractivity contribution >= 4 is 17.9 Å². The minimum Gasteiger partial charge on any atom is -0.496 e. The highest BCUT2D eigenvalue weighted by Gasteiger charge is 2.23. The second kappa shape index (κ2) is 7.18. The molecule has 2 aromatic rings. The van der Waals surface area contributed by atoms with Crippen LogP contribution in [0.5, 0.6) is 5.75 Å². The molecule has 0 spiro atoms. The molecule has 1 aliphatic heterocycles. The van der Waals surface area contributed by atoms with Crippen molar-refractivity contribution in [3.05, 3.63) is 82.6 Å². The van der Waals surface area contributed by atoms with Gasteiger partial charge in [-0.3, -0.25) is 0 Å². The van der Waals surface area contributed by atoms with Gasteiger partial charge in [-0.2, -0.15) is 0 Å². The standard InChI is InChI=1S/C21H19NO3/c1-14-11-12-17(13-15(14)2)20-22-18(21(23)25-20)9-6-8-16-7-4-5-10-19(16)24-3/h4-13H,1-3H3. The molecule has 0 saturated carbocycles. The van der Waals surface area contributed by atoms with Crippen LogP contribution in [0.4, 0.5) is 0 Å². The van der Waals surface area contributed by atoms with Crippen LogP contribution in [-0.4, -0.2) is 19.0 Å². The van der Waals surface area contributed by atoms with E-state index in [4.69, 9.17) is 9.47 Å². The Morgan fingerprint density at radius 2 is 1.88 bits per heavy atom. The van der Waals surface area contributed by atoms with Gasteiger partial charge in [-0.05, 0) is 49.2 Å². The second-order valence-electron chi connectivity index (χ2n) is 5.76. The molecule has 3 rings (SSSR count). The summed E-state index contributed by atoms with van der Waals surface area (Å²) in [4.78, 5) is 16.3. The summed E-state index contributed by atoms with van der Waals surface area (Å²) in [5.74, 6) is 0.661. The molecule has 25 heavy (non-hydrogen) atoms. The fraction of sp³-hybridized carbons (Fsp3) is 0.143. The molecule has 0 unspecified atom stereocenters. The van der Waals surface area contributed by atoms with Gasteiger partial charge in [0, 0.05) is 11.1 Å². The van der Waals surface area contributed by atoms with E-state index in [1.165, 1.54) is 5.56 Å². The smallest absolute Gasteiger partial charge is 0.363 e. The van der Waals surface area contributed by atoms with Gasteiger partial charge in [-0.15, -0.1) is 0 Å². The van der Waals surface area contributed by atoms with E-state index in [2.05, 4.69) is 4.99 Å². The van der Waals surface area contributed by atoms with Gasteiger partial charge < -0.3 is 9.47 Å². The number of carbonyl (C=O) groups is 1. The number of carbonyl (C=O) groups excluding carboxylic acids is 1. The molecule has 0 saturated heterocycles. The first-order valence-electron chi connectivity index (χ1n) is 7.98. The van der Waals surface area contributed by atoms with Crippen molar-refractivity contribution in [1.29, 1.82) is 0 Å². The number of aryl methyl sites for hydroxylation is 2. The zero-order valence-electron chi connectivity index (χ0n) is 14.4. The van der Waals surface area contributed by atoms with Gasteiger partial charge in [0.25, 0.3) is 0 Å². The van der Waals surface area contributed by atoms with Crippen molar-refractivity contribution in [2.24, 2.45) is 4.99 Å². The van der Waals surface area contributed by atoms with Crippen LogP contribution in [0.2, 0.25) is 0 Å². The van der Waals surface area contributed by atoms with Crippen molar-refractivity contribution in [3.63, 3.8) is 0 Å². The number of allylic oxidation sites excluding steroid dienone is 2. The molecule has 0 atom stereocenters. The topological polar surface area (TPSA) is 47.9 Å².